The van der Waals surface area contributed by atoms with Crippen LogP contribution in [0.5, 0.6) is 0 Å². The van der Waals surface area contributed by atoms with E-state index in [2.05, 4.69) is 12.2 Å². The largest absolute Gasteiger partial charge is 0.392 e. The molecule has 10 heavy (non-hydrogen) atoms. The van der Waals surface area contributed by atoms with Gasteiger partial charge in [0.2, 0.25) is 0 Å². The molecule has 3 aliphatic carbocycles. The molecule has 0 aliphatic heterocycles. The first-order valence-electron chi connectivity index (χ1n) is 4.24. The van der Waals surface area contributed by atoms with Crippen molar-refractivity contribution in [1.82, 2.24) is 0 Å². The van der Waals surface area contributed by atoms with E-state index in [0.29, 0.717) is 11.8 Å². The van der Waals surface area contributed by atoms with Crippen molar-refractivity contribution in [2.75, 3.05) is 0 Å². The van der Waals surface area contributed by atoms with E-state index in [9.17, 15) is 5.11 Å². The molecule has 2 saturated carbocycles. The number of aliphatic hydroxyl groups excluding tert-OH is 1. The molecule has 3 rings (SSSR count). The molecule has 0 aromatic heterocycles. The van der Waals surface area contributed by atoms with Crippen molar-refractivity contribution in [1.29, 1.82) is 0 Å². The van der Waals surface area contributed by atoms with E-state index < -0.39 is 0 Å². The summed E-state index contributed by atoms with van der Waals surface area (Å²) < 4.78 is 0. The maximum absolute atomic E-state index is 9.66. The Morgan fingerprint density at radius 1 is 1.00 bits per heavy atom. The van der Waals surface area contributed by atoms with Gasteiger partial charge in [-0.2, -0.15) is 0 Å². The molecule has 0 saturated heterocycles. The minimum atomic E-state index is 0.0220. The molecule has 1 heteroatoms. The first-order valence-corrected chi connectivity index (χ1v) is 4.24. The van der Waals surface area contributed by atoms with Crippen molar-refractivity contribution in [2.45, 2.75) is 18.9 Å². The molecular formula is C9H12O. The Morgan fingerprint density at radius 3 is 2.00 bits per heavy atom. The zero-order valence-electron chi connectivity index (χ0n) is 5.90. The van der Waals surface area contributed by atoms with Crippen LogP contribution < -0.4 is 0 Å². The number of aliphatic hydroxyl groups is 1. The number of allylic oxidation sites excluding steroid dienone is 1. The highest BCUT2D eigenvalue weighted by Gasteiger charge is 2.54. The third-order valence-corrected chi connectivity index (χ3v) is 3.71. The fraction of sp³-hybridized carbons (Fsp3) is 0.778. The van der Waals surface area contributed by atoms with Crippen LogP contribution in [0.15, 0.2) is 12.2 Å². The third kappa shape index (κ3) is 0.392. The van der Waals surface area contributed by atoms with Crippen LogP contribution in [0.4, 0.5) is 0 Å². The topological polar surface area (TPSA) is 20.2 Å². The summed E-state index contributed by atoms with van der Waals surface area (Å²) in [7, 11) is 0. The molecule has 3 aliphatic rings. The molecule has 0 aromatic rings. The Balaban J connectivity index is 1.96. The van der Waals surface area contributed by atoms with Gasteiger partial charge in [0.1, 0.15) is 0 Å². The molecule has 1 nitrogen and oxygen atoms in total. The SMILES string of the molecule is O[C@@H]1[C@H]2C=C[C@H]2[C@@H]2CC[C@H]12. The van der Waals surface area contributed by atoms with E-state index in [4.69, 9.17) is 0 Å². The summed E-state index contributed by atoms with van der Waals surface area (Å²) in [5.41, 5.74) is 0. The Morgan fingerprint density at radius 2 is 1.70 bits per heavy atom. The second-order valence-corrected chi connectivity index (χ2v) is 3.94. The number of hydrogen-bond donors (Lipinski definition) is 1. The van der Waals surface area contributed by atoms with Gasteiger partial charge in [-0.05, 0) is 30.6 Å². The summed E-state index contributed by atoms with van der Waals surface area (Å²) in [6, 6.07) is 0. The molecule has 0 aromatic carbocycles. The van der Waals surface area contributed by atoms with Crippen molar-refractivity contribution in [3.05, 3.63) is 12.2 Å². The molecule has 0 spiro atoms. The second-order valence-electron chi connectivity index (χ2n) is 3.94. The van der Waals surface area contributed by atoms with Crippen LogP contribution in [-0.4, -0.2) is 11.2 Å². The highest BCUT2D eigenvalue weighted by molar-refractivity contribution is 5.21. The molecule has 0 amide bonds. The second kappa shape index (κ2) is 1.48. The Kier molecular flexibility index (Phi) is 0.791. The summed E-state index contributed by atoms with van der Waals surface area (Å²) in [4.78, 5) is 0. The smallest absolute Gasteiger partial charge is 0.0639 e. The van der Waals surface area contributed by atoms with Crippen molar-refractivity contribution in [3.8, 4) is 0 Å². The Bertz CT molecular complexity index is 183. The summed E-state index contributed by atoms with van der Waals surface area (Å²) in [6.45, 7) is 0. The predicted octanol–water partition coefficient (Wildman–Crippen LogP) is 1.19. The highest BCUT2D eigenvalue weighted by Crippen LogP contribution is 2.57. The van der Waals surface area contributed by atoms with Gasteiger partial charge in [-0.3, -0.25) is 0 Å². The standard InChI is InChI=1S/C9H12O/c10-9-7-3-1-5(7)6-2-4-8(6)9/h1,3,5-10H,2,4H2/t5-,6-,7-,8-,9+/m0/s1. The minimum Gasteiger partial charge on any atom is -0.392 e. The van der Waals surface area contributed by atoms with Gasteiger partial charge in [0.05, 0.1) is 6.10 Å². The predicted molar refractivity (Wildman–Crippen MR) is 38.3 cm³/mol. The quantitative estimate of drug-likeness (QED) is 0.496. The van der Waals surface area contributed by atoms with E-state index in [0.717, 1.165) is 11.8 Å². The van der Waals surface area contributed by atoms with Crippen LogP contribution in [0.3, 0.4) is 0 Å². The minimum absolute atomic E-state index is 0.0220. The van der Waals surface area contributed by atoms with Crippen molar-refractivity contribution >= 4 is 0 Å². The average Bonchev–Trinajstić information content (AvgIpc) is 1.84. The van der Waals surface area contributed by atoms with Crippen LogP contribution >= 0.6 is 0 Å². The van der Waals surface area contributed by atoms with Gasteiger partial charge in [-0.25, -0.2) is 0 Å². The Labute approximate surface area is 60.7 Å². The molecule has 0 radical (unpaired) electrons. The molecule has 1 N–H and O–H groups in total. The zero-order chi connectivity index (χ0) is 6.72. The zero-order valence-corrected chi connectivity index (χ0v) is 5.90. The van der Waals surface area contributed by atoms with Crippen LogP contribution in [0.25, 0.3) is 0 Å². The summed E-state index contributed by atoms with van der Waals surface area (Å²) >= 11 is 0. The van der Waals surface area contributed by atoms with Gasteiger partial charge in [0.15, 0.2) is 0 Å². The fourth-order valence-corrected chi connectivity index (χ4v) is 2.88. The summed E-state index contributed by atoms with van der Waals surface area (Å²) in [5, 5.41) is 9.66. The lowest BCUT2D eigenvalue weighted by Crippen LogP contribution is -2.29. The number of hydrogen-bond acceptors (Lipinski definition) is 1. The lowest BCUT2D eigenvalue weighted by molar-refractivity contribution is 0.0560. The fourth-order valence-electron chi connectivity index (χ4n) is 2.88. The number of fused-ring (bicyclic) bond motifs is 3. The normalized spacial score (nSPS) is 62.3. The maximum atomic E-state index is 9.66. The highest BCUT2D eigenvalue weighted by atomic mass is 16.3. The van der Waals surface area contributed by atoms with Gasteiger partial charge in [0, 0.05) is 5.92 Å². The molecule has 5 atom stereocenters. The first-order chi connectivity index (χ1) is 4.88. The van der Waals surface area contributed by atoms with Crippen molar-refractivity contribution < 1.29 is 5.11 Å². The molecular weight excluding hydrogens is 124 g/mol. The molecule has 2 fully saturated rings. The van der Waals surface area contributed by atoms with Crippen LogP contribution in [-0.2, 0) is 0 Å². The summed E-state index contributed by atoms with van der Waals surface area (Å²) in [6.07, 6.45) is 7.15. The third-order valence-electron chi connectivity index (χ3n) is 3.71. The van der Waals surface area contributed by atoms with Crippen molar-refractivity contribution in [3.63, 3.8) is 0 Å². The van der Waals surface area contributed by atoms with E-state index in [-0.39, 0.29) is 6.10 Å². The molecule has 0 heterocycles. The Hall–Kier alpha value is -0.300. The molecule has 0 bridgehead atoms. The van der Waals surface area contributed by atoms with Gasteiger partial charge < -0.3 is 5.11 Å². The van der Waals surface area contributed by atoms with Gasteiger partial charge in [0.25, 0.3) is 0 Å². The van der Waals surface area contributed by atoms with Crippen LogP contribution in [0.1, 0.15) is 12.8 Å². The lowest BCUT2D eigenvalue weighted by Gasteiger charge is -2.34. The van der Waals surface area contributed by atoms with E-state index >= 15 is 0 Å². The van der Waals surface area contributed by atoms with E-state index in [1.165, 1.54) is 12.8 Å². The first kappa shape index (κ1) is 5.36. The van der Waals surface area contributed by atoms with Gasteiger partial charge >= 0.3 is 0 Å². The maximum Gasteiger partial charge on any atom is 0.0639 e. The molecule has 0 unspecified atom stereocenters. The monoisotopic (exact) mass is 136 g/mol. The average molecular weight is 136 g/mol. The summed E-state index contributed by atoms with van der Waals surface area (Å²) in [5.74, 6) is 2.86. The van der Waals surface area contributed by atoms with Crippen LogP contribution in [0, 0.1) is 23.7 Å². The van der Waals surface area contributed by atoms with Crippen molar-refractivity contribution in [2.24, 2.45) is 23.7 Å². The number of rotatable bonds is 0. The van der Waals surface area contributed by atoms with Gasteiger partial charge in [-0.1, -0.05) is 12.2 Å². The lowest BCUT2D eigenvalue weighted by atomic mass is 9.70. The van der Waals surface area contributed by atoms with Crippen LogP contribution in [0.2, 0.25) is 0 Å². The molecule has 54 valence electrons. The van der Waals surface area contributed by atoms with E-state index in [1.807, 2.05) is 0 Å². The van der Waals surface area contributed by atoms with Gasteiger partial charge in [-0.15, -0.1) is 0 Å². The van der Waals surface area contributed by atoms with E-state index in [1.54, 1.807) is 0 Å².